The Labute approximate surface area is 204 Å². The summed E-state index contributed by atoms with van der Waals surface area (Å²) >= 11 is 6.27. The second kappa shape index (κ2) is 10.3. The Kier molecular flexibility index (Phi) is 6.97. The number of nitrogens with zero attached hydrogens (tertiary/aromatic N) is 5. The average molecular weight is 484 g/mol. The molecule has 1 aliphatic carbocycles. The predicted octanol–water partition coefficient (Wildman–Crippen LogP) is 2.86. The van der Waals surface area contributed by atoms with Gasteiger partial charge < -0.3 is 19.4 Å². The second-order valence-electron chi connectivity index (χ2n) is 9.25. The molecule has 1 aromatic carbocycles. The summed E-state index contributed by atoms with van der Waals surface area (Å²) in [6.07, 6.45) is 3.90. The van der Waals surface area contributed by atoms with Gasteiger partial charge in [0.25, 0.3) is 0 Å². The number of hydrogen-bond acceptors (Lipinski definition) is 6. The van der Waals surface area contributed by atoms with Crippen molar-refractivity contribution in [1.82, 2.24) is 20.0 Å². The fourth-order valence-corrected chi connectivity index (χ4v) is 4.84. The molecular formula is C25H30ClN5O3. The van der Waals surface area contributed by atoms with Crippen molar-refractivity contribution in [2.24, 2.45) is 5.92 Å². The van der Waals surface area contributed by atoms with Crippen LogP contribution in [0.25, 0.3) is 11.3 Å². The quantitative estimate of drug-likeness (QED) is 0.602. The fourth-order valence-electron chi connectivity index (χ4n) is 4.61. The number of carbonyl (C=O) groups excluding carboxylic acids is 2. The number of hydrogen-bond donors (Lipinski definition) is 0. The molecule has 2 aromatic rings. The molecule has 0 bridgehead atoms. The minimum absolute atomic E-state index is 0.00629. The van der Waals surface area contributed by atoms with Crippen LogP contribution in [0.3, 0.4) is 0 Å². The zero-order chi connectivity index (χ0) is 23.5. The molecule has 2 aliphatic heterocycles. The van der Waals surface area contributed by atoms with Crippen LogP contribution in [0.5, 0.6) is 0 Å². The SMILES string of the molecule is O=C(CN(C[C@H]1CCCO1)C(=O)C1CC1)N1CCN(c2ccc(-c3ccccc3Cl)nn2)CC1. The molecule has 0 radical (unpaired) electrons. The van der Waals surface area contributed by atoms with E-state index in [1.807, 2.05) is 41.3 Å². The molecule has 34 heavy (non-hydrogen) atoms. The van der Waals surface area contributed by atoms with E-state index in [1.165, 1.54) is 0 Å². The van der Waals surface area contributed by atoms with Crippen LogP contribution in [0.1, 0.15) is 25.7 Å². The first kappa shape index (κ1) is 23.1. The van der Waals surface area contributed by atoms with E-state index >= 15 is 0 Å². The lowest BCUT2D eigenvalue weighted by atomic mass is 10.1. The summed E-state index contributed by atoms with van der Waals surface area (Å²) in [6, 6.07) is 11.4. The highest BCUT2D eigenvalue weighted by atomic mass is 35.5. The first-order chi connectivity index (χ1) is 16.6. The minimum atomic E-state index is 0.00629. The lowest BCUT2D eigenvalue weighted by molar-refractivity contribution is -0.142. The van der Waals surface area contributed by atoms with Crippen molar-refractivity contribution in [1.29, 1.82) is 0 Å². The van der Waals surface area contributed by atoms with Crippen molar-refractivity contribution in [2.45, 2.75) is 31.8 Å². The molecule has 5 rings (SSSR count). The topological polar surface area (TPSA) is 78.9 Å². The second-order valence-corrected chi connectivity index (χ2v) is 9.66. The summed E-state index contributed by atoms with van der Waals surface area (Å²) in [7, 11) is 0. The van der Waals surface area contributed by atoms with Crippen LogP contribution in [0, 0.1) is 5.92 Å². The van der Waals surface area contributed by atoms with Crippen molar-refractivity contribution < 1.29 is 14.3 Å². The lowest BCUT2D eigenvalue weighted by Crippen LogP contribution is -2.53. The van der Waals surface area contributed by atoms with Gasteiger partial charge in [0.1, 0.15) is 0 Å². The zero-order valence-electron chi connectivity index (χ0n) is 19.2. The number of amides is 2. The average Bonchev–Trinajstić information content (AvgIpc) is 3.60. The van der Waals surface area contributed by atoms with E-state index in [0.717, 1.165) is 49.4 Å². The van der Waals surface area contributed by atoms with Gasteiger partial charge in [0.15, 0.2) is 5.82 Å². The monoisotopic (exact) mass is 483 g/mol. The Morgan fingerprint density at radius 3 is 2.47 bits per heavy atom. The lowest BCUT2D eigenvalue weighted by Gasteiger charge is -2.36. The summed E-state index contributed by atoms with van der Waals surface area (Å²) in [5.74, 6) is 0.994. The fraction of sp³-hybridized carbons (Fsp3) is 0.520. The van der Waals surface area contributed by atoms with Gasteiger partial charge in [-0.25, -0.2) is 0 Å². The van der Waals surface area contributed by atoms with Gasteiger partial charge in [-0.2, -0.15) is 0 Å². The van der Waals surface area contributed by atoms with Crippen molar-refractivity contribution in [3.05, 3.63) is 41.4 Å². The maximum absolute atomic E-state index is 13.0. The summed E-state index contributed by atoms with van der Waals surface area (Å²) < 4.78 is 5.72. The van der Waals surface area contributed by atoms with Crippen LogP contribution < -0.4 is 4.90 Å². The third-order valence-electron chi connectivity index (χ3n) is 6.77. The van der Waals surface area contributed by atoms with Gasteiger partial charge in [-0.1, -0.05) is 29.8 Å². The molecule has 3 aliphatic rings. The molecule has 2 saturated heterocycles. The summed E-state index contributed by atoms with van der Waals surface area (Å²) in [4.78, 5) is 31.5. The van der Waals surface area contributed by atoms with Crippen molar-refractivity contribution >= 4 is 29.2 Å². The third-order valence-corrected chi connectivity index (χ3v) is 7.10. The van der Waals surface area contributed by atoms with Crippen molar-refractivity contribution in [3.63, 3.8) is 0 Å². The van der Waals surface area contributed by atoms with Crippen LogP contribution in [-0.2, 0) is 14.3 Å². The number of anilines is 1. The van der Waals surface area contributed by atoms with E-state index in [4.69, 9.17) is 16.3 Å². The largest absolute Gasteiger partial charge is 0.376 e. The van der Waals surface area contributed by atoms with Crippen LogP contribution in [0.15, 0.2) is 36.4 Å². The molecule has 8 nitrogen and oxygen atoms in total. The maximum Gasteiger partial charge on any atom is 0.242 e. The number of carbonyl (C=O) groups is 2. The van der Waals surface area contributed by atoms with Gasteiger partial charge >= 0.3 is 0 Å². The van der Waals surface area contributed by atoms with E-state index in [-0.39, 0.29) is 30.4 Å². The van der Waals surface area contributed by atoms with Crippen molar-refractivity contribution in [3.8, 4) is 11.3 Å². The predicted molar refractivity (Wildman–Crippen MR) is 130 cm³/mol. The van der Waals surface area contributed by atoms with E-state index in [2.05, 4.69) is 15.1 Å². The Morgan fingerprint density at radius 2 is 1.82 bits per heavy atom. The van der Waals surface area contributed by atoms with E-state index < -0.39 is 0 Å². The van der Waals surface area contributed by atoms with Gasteiger partial charge in [-0.3, -0.25) is 9.59 Å². The number of aromatic nitrogens is 2. The zero-order valence-corrected chi connectivity index (χ0v) is 20.0. The molecule has 1 aromatic heterocycles. The molecule has 0 N–H and O–H groups in total. The minimum Gasteiger partial charge on any atom is -0.376 e. The molecule has 180 valence electrons. The molecule has 3 fully saturated rings. The Bertz CT molecular complexity index is 1020. The summed E-state index contributed by atoms with van der Waals surface area (Å²) in [5, 5.41) is 9.39. The smallest absolute Gasteiger partial charge is 0.242 e. The van der Waals surface area contributed by atoms with Gasteiger partial charge in [-0.05, 0) is 43.9 Å². The highest BCUT2D eigenvalue weighted by molar-refractivity contribution is 6.33. The van der Waals surface area contributed by atoms with Crippen LogP contribution in [-0.4, -0.2) is 83.8 Å². The standard InChI is InChI=1S/C25H30ClN5O3/c26-21-6-2-1-5-20(21)22-9-10-23(28-27-22)29-11-13-30(14-12-29)24(32)17-31(25(33)18-7-8-18)16-19-4-3-15-34-19/h1-2,5-6,9-10,18-19H,3-4,7-8,11-17H2/t19-/m1/s1. The number of piperazine rings is 1. The molecule has 1 atom stereocenters. The normalized spacial score (nSPS) is 20.4. The van der Waals surface area contributed by atoms with Gasteiger partial charge in [0.05, 0.1) is 23.4 Å². The molecule has 3 heterocycles. The van der Waals surface area contributed by atoms with E-state index in [9.17, 15) is 9.59 Å². The van der Waals surface area contributed by atoms with Crippen LogP contribution in [0.4, 0.5) is 5.82 Å². The Morgan fingerprint density at radius 1 is 1.03 bits per heavy atom. The van der Waals surface area contributed by atoms with Crippen molar-refractivity contribution in [2.75, 3.05) is 50.8 Å². The molecular weight excluding hydrogens is 454 g/mol. The molecule has 1 saturated carbocycles. The first-order valence-electron chi connectivity index (χ1n) is 12.1. The number of benzene rings is 1. The van der Waals surface area contributed by atoms with Crippen LogP contribution >= 0.6 is 11.6 Å². The molecule has 9 heteroatoms. The van der Waals surface area contributed by atoms with Crippen LogP contribution in [0.2, 0.25) is 5.02 Å². The van der Waals surface area contributed by atoms with Gasteiger partial charge in [0.2, 0.25) is 11.8 Å². The number of ether oxygens (including phenoxy) is 1. The molecule has 0 unspecified atom stereocenters. The molecule has 2 amide bonds. The van der Waals surface area contributed by atoms with E-state index in [0.29, 0.717) is 37.7 Å². The molecule has 0 spiro atoms. The van der Waals surface area contributed by atoms with Gasteiger partial charge in [-0.15, -0.1) is 10.2 Å². The Hall–Kier alpha value is -2.71. The highest BCUT2D eigenvalue weighted by Gasteiger charge is 2.36. The summed E-state index contributed by atoms with van der Waals surface area (Å²) in [5.41, 5.74) is 1.58. The van der Waals surface area contributed by atoms with E-state index in [1.54, 1.807) is 4.90 Å². The maximum atomic E-state index is 13.0. The van der Waals surface area contributed by atoms with Gasteiger partial charge in [0, 0.05) is 50.8 Å². The summed E-state index contributed by atoms with van der Waals surface area (Å²) in [6.45, 7) is 3.95. The first-order valence-corrected chi connectivity index (χ1v) is 12.5. The Balaban J connectivity index is 1.16. The third kappa shape index (κ3) is 5.33. The highest BCUT2D eigenvalue weighted by Crippen LogP contribution is 2.31. The number of halogens is 1. The number of rotatable bonds is 7.